The molecule has 0 aliphatic heterocycles. The summed E-state index contributed by atoms with van der Waals surface area (Å²) in [4.78, 5) is 7.14. The van der Waals surface area contributed by atoms with Crippen LogP contribution in [0.5, 0.6) is 0 Å². The highest BCUT2D eigenvalue weighted by atomic mass is 14.9. The summed E-state index contributed by atoms with van der Waals surface area (Å²) in [6.45, 7) is 5.59. The lowest BCUT2D eigenvalue weighted by atomic mass is 10.1. The van der Waals surface area contributed by atoms with Crippen LogP contribution in [0.25, 0.3) is 0 Å². The van der Waals surface area contributed by atoms with Gasteiger partial charge in [0.2, 0.25) is 0 Å². The van der Waals surface area contributed by atoms with Crippen LogP contribution in [-0.2, 0) is 6.42 Å². The minimum atomic E-state index is 0.638. The van der Waals surface area contributed by atoms with Crippen molar-refractivity contribution in [3.63, 3.8) is 0 Å². The van der Waals surface area contributed by atoms with Crippen LogP contribution in [0.4, 0.5) is 0 Å². The normalized spacial score (nSPS) is 12.8. The third kappa shape index (κ3) is 7.16. The van der Waals surface area contributed by atoms with E-state index in [1.165, 1.54) is 44.2 Å². The maximum Gasteiger partial charge on any atom is 0.0921 e. The van der Waals surface area contributed by atoms with E-state index in [0.717, 1.165) is 13.0 Å². The Hall–Kier alpha value is -0.830. The zero-order chi connectivity index (χ0) is 12.3. The number of hydrogen-bond donors (Lipinski definition) is 2. The predicted octanol–water partition coefficient (Wildman–Crippen LogP) is 3.29. The molecule has 3 heteroatoms. The lowest BCUT2D eigenvalue weighted by Gasteiger charge is -2.13. The van der Waals surface area contributed by atoms with Gasteiger partial charge in [-0.05, 0) is 13.3 Å². The van der Waals surface area contributed by atoms with Crippen LogP contribution < -0.4 is 5.32 Å². The molecule has 0 fully saturated rings. The number of nitrogens with zero attached hydrogens (tertiary/aromatic N) is 1. The van der Waals surface area contributed by atoms with E-state index in [4.69, 9.17) is 0 Å². The number of imidazole rings is 1. The highest BCUT2D eigenvalue weighted by Gasteiger charge is 2.01. The van der Waals surface area contributed by atoms with Crippen LogP contribution in [0.2, 0.25) is 0 Å². The first kappa shape index (κ1) is 14.2. The number of aromatic amines is 1. The minimum absolute atomic E-state index is 0.638. The quantitative estimate of drug-likeness (QED) is 0.613. The van der Waals surface area contributed by atoms with Crippen molar-refractivity contribution in [3.8, 4) is 0 Å². The molecule has 0 aliphatic rings. The van der Waals surface area contributed by atoms with Crippen molar-refractivity contribution < 1.29 is 0 Å². The van der Waals surface area contributed by atoms with Crippen LogP contribution in [-0.4, -0.2) is 22.6 Å². The van der Waals surface area contributed by atoms with E-state index in [1.54, 1.807) is 6.33 Å². The van der Waals surface area contributed by atoms with Crippen LogP contribution in [0.1, 0.15) is 58.1 Å². The van der Waals surface area contributed by atoms with Gasteiger partial charge in [0, 0.05) is 30.9 Å². The zero-order valence-electron chi connectivity index (χ0n) is 11.3. The zero-order valence-corrected chi connectivity index (χ0v) is 11.3. The lowest BCUT2D eigenvalue weighted by molar-refractivity contribution is 0.482. The van der Waals surface area contributed by atoms with Crippen molar-refractivity contribution in [1.29, 1.82) is 0 Å². The summed E-state index contributed by atoms with van der Waals surface area (Å²) < 4.78 is 0. The summed E-state index contributed by atoms with van der Waals surface area (Å²) in [5.41, 5.74) is 1.22. The predicted molar refractivity (Wildman–Crippen MR) is 73.1 cm³/mol. The van der Waals surface area contributed by atoms with Crippen molar-refractivity contribution in [3.05, 3.63) is 18.2 Å². The summed E-state index contributed by atoms with van der Waals surface area (Å²) in [7, 11) is 0. The van der Waals surface area contributed by atoms with Gasteiger partial charge in [-0.1, -0.05) is 39.0 Å². The van der Waals surface area contributed by atoms with Crippen molar-refractivity contribution in [2.75, 3.05) is 6.54 Å². The molecule has 2 N–H and O–H groups in total. The molecule has 0 bridgehead atoms. The molecular formula is C14H27N3. The lowest BCUT2D eigenvalue weighted by Crippen LogP contribution is -2.28. The molecule has 0 saturated carbocycles. The van der Waals surface area contributed by atoms with Crippen LogP contribution in [0.15, 0.2) is 12.5 Å². The smallest absolute Gasteiger partial charge is 0.0921 e. The summed E-state index contributed by atoms with van der Waals surface area (Å²) in [5.74, 6) is 0. The van der Waals surface area contributed by atoms with Gasteiger partial charge in [0.1, 0.15) is 0 Å². The van der Waals surface area contributed by atoms with Crippen molar-refractivity contribution in [1.82, 2.24) is 15.3 Å². The Balaban J connectivity index is 1.92. The summed E-state index contributed by atoms with van der Waals surface area (Å²) in [6, 6.07) is 0.638. The minimum Gasteiger partial charge on any atom is -0.348 e. The van der Waals surface area contributed by atoms with Gasteiger partial charge in [-0.25, -0.2) is 4.98 Å². The highest BCUT2D eigenvalue weighted by molar-refractivity contribution is 4.94. The van der Waals surface area contributed by atoms with E-state index in [1.807, 2.05) is 6.20 Å². The molecule has 98 valence electrons. The second-order valence-electron chi connectivity index (χ2n) is 4.88. The van der Waals surface area contributed by atoms with E-state index in [-0.39, 0.29) is 0 Å². The Bertz CT molecular complexity index is 256. The highest BCUT2D eigenvalue weighted by Crippen LogP contribution is 2.07. The average Bonchev–Trinajstić information content (AvgIpc) is 2.82. The molecule has 1 atom stereocenters. The first-order chi connectivity index (χ1) is 8.33. The molecule has 3 nitrogen and oxygen atoms in total. The molecule has 0 saturated heterocycles. The van der Waals surface area contributed by atoms with E-state index >= 15 is 0 Å². The maximum atomic E-state index is 4.01. The molecule has 0 radical (unpaired) electrons. The SMILES string of the molecule is CCCCCCCC(C)NCCc1cnc[nH]1. The van der Waals surface area contributed by atoms with E-state index in [9.17, 15) is 0 Å². The van der Waals surface area contributed by atoms with Crippen LogP contribution in [0.3, 0.4) is 0 Å². The molecule has 1 unspecified atom stereocenters. The third-order valence-corrected chi connectivity index (χ3v) is 3.18. The third-order valence-electron chi connectivity index (χ3n) is 3.18. The first-order valence-corrected chi connectivity index (χ1v) is 7.03. The Labute approximate surface area is 105 Å². The van der Waals surface area contributed by atoms with Crippen molar-refractivity contribution in [2.45, 2.75) is 64.8 Å². The van der Waals surface area contributed by atoms with Crippen LogP contribution in [0, 0.1) is 0 Å². The molecule has 0 aliphatic carbocycles. The van der Waals surface area contributed by atoms with E-state index < -0.39 is 0 Å². The summed E-state index contributed by atoms with van der Waals surface area (Å²) in [5, 5.41) is 3.56. The van der Waals surface area contributed by atoms with Gasteiger partial charge in [-0.3, -0.25) is 0 Å². The Morgan fingerprint density at radius 2 is 2.12 bits per heavy atom. The number of hydrogen-bond acceptors (Lipinski definition) is 2. The fraction of sp³-hybridized carbons (Fsp3) is 0.786. The van der Waals surface area contributed by atoms with E-state index in [2.05, 4.69) is 29.1 Å². The van der Waals surface area contributed by atoms with Gasteiger partial charge >= 0.3 is 0 Å². The monoisotopic (exact) mass is 237 g/mol. The van der Waals surface area contributed by atoms with Gasteiger partial charge in [0.05, 0.1) is 6.33 Å². The molecule has 1 heterocycles. The largest absolute Gasteiger partial charge is 0.348 e. The Morgan fingerprint density at radius 3 is 2.82 bits per heavy atom. The number of unbranched alkanes of at least 4 members (excludes halogenated alkanes) is 4. The summed E-state index contributed by atoms with van der Waals surface area (Å²) >= 11 is 0. The number of rotatable bonds is 10. The molecule has 0 spiro atoms. The molecule has 0 amide bonds. The fourth-order valence-corrected chi connectivity index (χ4v) is 2.03. The number of nitrogens with one attached hydrogen (secondary N) is 2. The van der Waals surface area contributed by atoms with E-state index in [0.29, 0.717) is 6.04 Å². The van der Waals surface area contributed by atoms with Gasteiger partial charge in [-0.2, -0.15) is 0 Å². The molecule has 1 aromatic rings. The number of H-pyrrole nitrogens is 1. The van der Waals surface area contributed by atoms with Gasteiger partial charge in [-0.15, -0.1) is 0 Å². The topological polar surface area (TPSA) is 40.7 Å². The van der Waals surface area contributed by atoms with Crippen LogP contribution >= 0.6 is 0 Å². The molecular weight excluding hydrogens is 210 g/mol. The standard InChI is InChI=1S/C14H27N3/c1-3-4-5-6-7-8-13(2)16-10-9-14-11-15-12-17-14/h11-13,16H,3-10H2,1-2H3,(H,15,17). The average molecular weight is 237 g/mol. The van der Waals surface area contributed by atoms with Gasteiger partial charge in [0.15, 0.2) is 0 Å². The Kier molecular flexibility index (Phi) is 7.72. The first-order valence-electron chi connectivity index (χ1n) is 7.03. The maximum absolute atomic E-state index is 4.01. The molecule has 0 aromatic carbocycles. The second kappa shape index (κ2) is 9.23. The molecule has 17 heavy (non-hydrogen) atoms. The van der Waals surface area contributed by atoms with Crippen molar-refractivity contribution in [2.24, 2.45) is 0 Å². The Morgan fingerprint density at radius 1 is 1.29 bits per heavy atom. The summed E-state index contributed by atoms with van der Waals surface area (Å²) in [6.07, 6.45) is 12.9. The number of aromatic nitrogens is 2. The van der Waals surface area contributed by atoms with Gasteiger partial charge < -0.3 is 10.3 Å². The van der Waals surface area contributed by atoms with Crippen molar-refractivity contribution >= 4 is 0 Å². The van der Waals surface area contributed by atoms with Gasteiger partial charge in [0.25, 0.3) is 0 Å². The molecule has 1 aromatic heterocycles. The molecule has 1 rings (SSSR count). The second-order valence-corrected chi connectivity index (χ2v) is 4.88. The fourth-order valence-electron chi connectivity index (χ4n) is 2.03.